The Bertz CT molecular complexity index is 673. The topological polar surface area (TPSA) is 55.8 Å². The Kier molecular flexibility index (Phi) is 6.22. The highest BCUT2D eigenvalue weighted by Crippen LogP contribution is 2.49. The molecule has 2 amide bonds. The van der Waals surface area contributed by atoms with Gasteiger partial charge in [0.1, 0.15) is 11.6 Å². The minimum absolute atomic E-state index is 0.308. The predicted molar refractivity (Wildman–Crippen MR) is 109 cm³/mol. The molecule has 1 aliphatic heterocycles. The molecule has 1 saturated heterocycles. The Balaban J connectivity index is 2.43. The summed E-state index contributed by atoms with van der Waals surface area (Å²) in [6, 6.07) is 12.0. The van der Waals surface area contributed by atoms with Crippen molar-refractivity contribution in [3.8, 4) is 0 Å². The largest absolute Gasteiger partial charge is 0.443 e. The zero-order valence-electron chi connectivity index (χ0n) is 17.7. The summed E-state index contributed by atoms with van der Waals surface area (Å²) >= 11 is 0. The lowest BCUT2D eigenvalue weighted by atomic mass is 9.80. The number of likely N-dealkylation sites (tertiary alicyclic amines) is 1. The molecule has 1 aromatic carbocycles. The molecule has 1 fully saturated rings. The highest BCUT2D eigenvalue weighted by molar-refractivity contribution is 6.73. The average molecular weight is 392 g/mol. The van der Waals surface area contributed by atoms with Crippen molar-refractivity contribution >= 4 is 20.3 Å². The molecule has 2 atom stereocenters. The van der Waals surface area contributed by atoms with Gasteiger partial charge in [0.05, 0.1) is 0 Å². The van der Waals surface area contributed by atoms with Gasteiger partial charge in [-0.25, -0.2) is 9.69 Å². The van der Waals surface area contributed by atoms with E-state index >= 15 is 0 Å². The molecular formula is C21H33NO4Si. The van der Waals surface area contributed by atoms with E-state index in [2.05, 4.69) is 20.8 Å². The van der Waals surface area contributed by atoms with E-state index in [1.165, 1.54) is 4.90 Å². The molecule has 5 nitrogen and oxygen atoms in total. The fourth-order valence-electron chi connectivity index (χ4n) is 3.77. The molecule has 0 radical (unpaired) electrons. The molecule has 1 aromatic rings. The zero-order valence-corrected chi connectivity index (χ0v) is 18.7. The van der Waals surface area contributed by atoms with Crippen molar-refractivity contribution in [2.75, 3.05) is 0 Å². The first-order valence-electron chi connectivity index (χ1n) is 9.85. The van der Waals surface area contributed by atoms with Crippen molar-refractivity contribution < 1.29 is 18.8 Å². The van der Waals surface area contributed by atoms with E-state index < -0.39 is 31.7 Å². The van der Waals surface area contributed by atoms with E-state index in [0.717, 1.165) is 23.7 Å². The second-order valence-electron chi connectivity index (χ2n) is 8.42. The first-order chi connectivity index (χ1) is 12.5. The van der Waals surface area contributed by atoms with Gasteiger partial charge < -0.3 is 9.16 Å². The molecule has 150 valence electrons. The van der Waals surface area contributed by atoms with Crippen LogP contribution in [-0.4, -0.2) is 36.4 Å². The van der Waals surface area contributed by atoms with Crippen molar-refractivity contribution in [3.63, 3.8) is 0 Å². The maximum absolute atomic E-state index is 13.1. The monoisotopic (exact) mass is 391 g/mol. The van der Waals surface area contributed by atoms with Gasteiger partial charge in [0.15, 0.2) is 13.9 Å². The molecule has 0 bridgehead atoms. The van der Waals surface area contributed by atoms with E-state index in [0.29, 0.717) is 0 Å². The molecule has 0 unspecified atom stereocenters. The van der Waals surface area contributed by atoms with Gasteiger partial charge in [0, 0.05) is 0 Å². The number of hydrogen-bond donors (Lipinski definition) is 0. The number of β-lactam (4-membered cyclic amide) rings is 1. The Hall–Kier alpha value is -1.66. The van der Waals surface area contributed by atoms with Crippen LogP contribution in [0.5, 0.6) is 0 Å². The van der Waals surface area contributed by atoms with Gasteiger partial charge in [0.2, 0.25) is 0 Å². The first-order valence-corrected chi connectivity index (χ1v) is 12.4. The molecule has 1 heterocycles. The van der Waals surface area contributed by atoms with Crippen LogP contribution in [0.2, 0.25) is 18.1 Å². The van der Waals surface area contributed by atoms with E-state index in [-0.39, 0.29) is 5.91 Å². The summed E-state index contributed by atoms with van der Waals surface area (Å²) in [4.78, 5) is 27.1. The third kappa shape index (κ3) is 4.11. The third-order valence-corrected chi connectivity index (χ3v) is 10.2. The first kappa shape index (κ1) is 21.6. The summed E-state index contributed by atoms with van der Waals surface area (Å²) in [7, 11) is -2.05. The van der Waals surface area contributed by atoms with Crippen LogP contribution < -0.4 is 0 Å². The highest BCUT2D eigenvalue weighted by Gasteiger charge is 2.64. The molecular weight excluding hydrogens is 358 g/mol. The number of carbonyl (C=O) groups is 2. The summed E-state index contributed by atoms with van der Waals surface area (Å²) in [6.45, 7) is 13.6. The van der Waals surface area contributed by atoms with Gasteiger partial charge >= 0.3 is 6.09 Å². The van der Waals surface area contributed by atoms with Gasteiger partial charge in [-0.1, -0.05) is 51.1 Å². The second kappa shape index (κ2) is 7.76. The number of rotatable bonds is 6. The van der Waals surface area contributed by atoms with Crippen molar-refractivity contribution in [1.82, 2.24) is 4.90 Å². The normalized spacial score (nSPS) is 23.1. The van der Waals surface area contributed by atoms with Crippen LogP contribution in [0.1, 0.15) is 60.1 Å². The summed E-state index contributed by atoms with van der Waals surface area (Å²) in [6.07, 6.45) is -0.612. The van der Waals surface area contributed by atoms with Crippen molar-refractivity contribution in [2.24, 2.45) is 0 Å². The molecule has 1 aliphatic rings. The number of amides is 2. The Morgan fingerprint density at radius 1 is 1.11 bits per heavy atom. The Morgan fingerprint density at radius 2 is 1.63 bits per heavy atom. The molecule has 0 aliphatic carbocycles. The van der Waals surface area contributed by atoms with Crippen LogP contribution in [0.4, 0.5) is 4.79 Å². The lowest BCUT2D eigenvalue weighted by Gasteiger charge is -2.55. The standard InChI is InChI=1S/C21H33NO4Si/c1-8-27(9-2,10-3)26-21(7)17(16-14-12-11-13-15-16)22(18(21)23)19(24)25-20(4,5)6/h11-15,17H,8-10H2,1-7H3/t17-,21+/m0/s1. The molecule has 2 rings (SSSR count). The van der Waals surface area contributed by atoms with Gasteiger partial charge in [0.25, 0.3) is 5.91 Å². The zero-order chi connectivity index (χ0) is 20.5. The molecule has 0 N–H and O–H groups in total. The van der Waals surface area contributed by atoms with Crippen LogP contribution in [0.15, 0.2) is 30.3 Å². The minimum Gasteiger partial charge on any atom is -0.443 e. The summed E-state index contributed by atoms with van der Waals surface area (Å²) in [5.41, 5.74) is -0.816. The molecule has 0 saturated carbocycles. The molecule has 0 aromatic heterocycles. The fraction of sp³-hybridized carbons (Fsp3) is 0.619. The van der Waals surface area contributed by atoms with Crippen molar-refractivity contribution in [1.29, 1.82) is 0 Å². The van der Waals surface area contributed by atoms with E-state index in [1.54, 1.807) is 20.8 Å². The minimum atomic E-state index is -2.05. The van der Waals surface area contributed by atoms with Gasteiger partial charge in [-0.05, 0) is 51.4 Å². The molecule has 27 heavy (non-hydrogen) atoms. The molecule has 6 heteroatoms. The number of benzene rings is 1. The predicted octanol–water partition coefficient (Wildman–Crippen LogP) is 5.29. The number of hydrogen-bond acceptors (Lipinski definition) is 4. The van der Waals surface area contributed by atoms with Gasteiger partial charge in [-0.3, -0.25) is 4.79 Å². The van der Waals surface area contributed by atoms with Gasteiger partial charge in [-0.2, -0.15) is 0 Å². The average Bonchev–Trinajstić information content (AvgIpc) is 2.62. The number of nitrogens with zero attached hydrogens (tertiary/aromatic N) is 1. The van der Waals surface area contributed by atoms with Crippen LogP contribution in [0.3, 0.4) is 0 Å². The maximum Gasteiger partial charge on any atom is 0.417 e. The summed E-state index contributed by atoms with van der Waals surface area (Å²) < 4.78 is 12.1. The summed E-state index contributed by atoms with van der Waals surface area (Å²) in [5, 5.41) is 0. The van der Waals surface area contributed by atoms with Crippen molar-refractivity contribution in [3.05, 3.63) is 35.9 Å². The third-order valence-electron chi connectivity index (χ3n) is 5.49. The van der Waals surface area contributed by atoms with E-state index in [9.17, 15) is 9.59 Å². The summed E-state index contributed by atoms with van der Waals surface area (Å²) in [5.74, 6) is -0.308. The number of ether oxygens (including phenoxy) is 1. The Labute approximate surface area is 164 Å². The number of carbonyl (C=O) groups excluding carboxylic acids is 2. The second-order valence-corrected chi connectivity index (χ2v) is 13.1. The van der Waals surface area contributed by atoms with Crippen LogP contribution in [0.25, 0.3) is 0 Å². The lowest BCUT2D eigenvalue weighted by molar-refractivity contribution is -0.181. The van der Waals surface area contributed by atoms with Crippen LogP contribution >= 0.6 is 0 Å². The molecule has 0 spiro atoms. The van der Waals surface area contributed by atoms with Crippen LogP contribution in [-0.2, 0) is 14.0 Å². The van der Waals surface area contributed by atoms with E-state index in [1.807, 2.05) is 37.3 Å². The number of imide groups is 1. The highest BCUT2D eigenvalue weighted by atomic mass is 28.4. The van der Waals surface area contributed by atoms with Crippen molar-refractivity contribution in [2.45, 2.75) is 83.8 Å². The van der Waals surface area contributed by atoms with Gasteiger partial charge in [-0.15, -0.1) is 0 Å². The smallest absolute Gasteiger partial charge is 0.417 e. The quantitative estimate of drug-likeness (QED) is 0.489. The fourth-order valence-corrected chi connectivity index (χ4v) is 6.80. The van der Waals surface area contributed by atoms with E-state index in [4.69, 9.17) is 9.16 Å². The maximum atomic E-state index is 13.1. The van der Waals surface area contributed by atoms with Crippen LogP contribution in [0, 0.1) is 0 Å². The lowest BCUT2D eigenvalue weighted by Crippen LogP contribution is -2.72. The SMILES string of the molecule is CC[Si](CC)(CC)O[C@@]1(C)C(=O)N(C(=O)OC(C)(C)C)[C@H]1c1ccccc1. The Morgan fingerprint density at radius 3 is 2.07 bits per heavy atom.